The molecule has 0 aliphatic carbocycles. The third-order valence-corrected chi connectivity index (χ3v) is 1.97. The van der Waals surface area contributed by atoms with E-state index in [1.54, 1.807) is 0 Å². The van der Waals surface area contributed by atoms with Crippen molar-refractivity contribution in [2.24, 2.45) is 0 Å². The van der Waals surface area contributed by atoms with Crippen molar-refractivity contribution in [2.45, 2.75) is 39.0 Å². The number of unbranched alkanes of at least 4 members (excludes halogenated alkanes) is 4. The molecule has 4 heteroatoms. The molecule has 0 radical (unpaired) electrons. The fourth-order valence-corrected chi connectivity index (χ4v) is 1.15. The first kappa shape index (κ1) is 14.4. The average Bonchev–Trinajstić information content (AvgIpc) is 2.23. The van der Waals surface area contributed by atoms with E-state index >= 15 is 0 Å². The van der Waals surface area contributed by atoms with E-state index in [1.807, 2.05) is 0 Å². The first-order valence-corrected chi connectivity index (χ1v) is 5.65. The molecule has 0 atom stereocenters. The predicted octanol–water partition coefficient (Wildman–Crippen LogP) is 1.51. The molecule has 0 aliphatic heterocycles. The quantitative estimate of drug-likeness (QED) is 0.446. The molecule has 0 aromatic heterocycles. The number of aliphatic hydroxyl groups excluding tert-OH is 1. The summed E-state index contributed by atoms with van der Waals surface area (Å²) in [5.41, 5.74) is 0. The number of esters is 1. The molecule has 0 aromatic rings. The van der Waals surface area contributed by atoms with E-state index in [0.29, 0.717) is 6.61 Å². The molecular formula is C11H22O4. The van der Waals surface area contributed by atoms with E-state index in [-0.39, 0.29) is 25.8 Å². The van der Waals surface area contributed by atoms with Crippen molar-refractivity contribution in [3.8, 4) is 0 Å². The highest BCUT2D eigenvalue weighted by atomic mass is 16.6. The Hall–Kier alpha value is -0.610. The normalized spacial score (nSPS) is 10.3. The highest BCUT2D eigenvalue weighted by molar-refractivity contribution is 5.70. The zero-order valence-corrected chi connectivity index (χ0v) is 9.54. The van der Waals surface area contributed by atoms with Gasteiger partial charge in [0, 0.05) is 0 Å². The molecule has 4 nitrogen and oxygen atoms in total. The Labute approximate surface area is 91.6 Å². The molecule has 0 bridgehead atoms. The van der Waals surface area contributed by atoms with E-state index in [1.165, 1.54) is 19.3 Å². The summed E-state index contributed by atoms with van der Waals surface area (Å²) in [7, 11) is 0. The molecule has 0 unspecified atom stereocenters. The van der Waals surface area contributed by atoms with Crippen molar-refractivity contribution in [1.29, 1.82) is 0 Å². The Morgan fingerprint density at radius 3 is 2.53 bits per heavy atom. The molecule has 0 spiro atoms. The minimum absolute atomic E-state index is 0.0600. The van der Waals surface area contributed by atoms with Crippen LogP contribution in [-0.2, 0) is 14.3 Å². The summed E-state index contributed by atoms with van der Waals surface area (Å²) in [6.07, 6.45) is 5.70. The minimum Gasteiger partial charge on any atom is -0.464 e. The maximum absolute atomic E-state index is 11.0. The van der Waals surface area contributed by atoms with Gasteiger partial charge in [-0.15, -0.1) is 0 Å². The number of hydrogen-bond acceptors (Lipinski definition) is 4. The second-order valence-corrected chi connectivity index (χ2v) is 3.41. The van der Waals surface area contributed by atoms with Gasteiger partial charge in [-0.1, -0.05) is 32.6 Å². The van der Waals surface area contributed by atoms with Crippen molar-refractivity contribution in [3.63, 3.8) is 0 Å². The molecule has 0 amide bonds. The van der Waals surface area contributed by atoms with Crippen LogP contribution in [0.2, 0.25) is 0 Å². The Morgan fingerprint density at radius 1 is 1.13 bits per heavy atom. The van der Waals surface area contributed by atoms with Crippen LogP contribution in [0.4, 0.5) is 0 Å². The lowest BCUT2D eigenvalue weighted by Gasteiger charge is -2.04. The van der Waals surface area contributed by atoms with Gasteiger partial charge in [0.15, 0.2) is 0 Å². The maximum Gasteiger partial charge on any atom is 0.332 e. The molecule has 0 rings (SSSR count). The summed E-state index contributed by atoms with van der Waals surface area (Å²) in [5.74, 6) is -0.348. The average molecular weight is 218 g/mol. The van der Waals surface area contributed by atoms with E-state index in [4.69, 9.17) is 14.6 Å². The number of ether oxygens (including phenoxy) is 2. The number of hydrogen-bond donors (Lipinski definition) is 1. The number of carbonyl (C=O) groups excluding carboxylic acids is 1. The van der Waals surface area contributed by atoms with Gasteiger partial charge in [-0.3, -0.25) is 0 Å². The van der Waals surface area contributed by atoms with Gasteiger partial charge < -0.3 is 14.6 Å². The Bertz CT molecular complexity index is 148. The van der Waals surface area contributed by atoms with Gasteiger partial charge in [-0.2, -0.15) is 0 Å². The summed E-state index contributed by atoms with van der Waals surface area (Å²) in [6, 6.07) is 0. The fraction of sp³-hybridized carbons (Fsp3) is 0.909. The molecule has 0 aromatic carbocycles. The van der Waals surface area contributed by atoms with Crippen molar-refractivity contribution >= 4 is 5.97 Å². The van der Waals surface area contributed by atoms with Crippen LogP contribution in [0.1, 0.15) is 39.0 Å². The van der Waals surface area contributed by atoms with Crippen LogP contribution < -0.4 is 0 Å². The molecule has 0 fully saturated rings. The van der Waals surface area contributed by atoms with Crippen LogP contribution >= 0.6 is 0 Å². The zero-order chi connectivity index (χ0) is 11.4. The van der Waals surface area contributed by atoms with Gasteiger partial charge in [0.1, 0.15) is 6.61 Å². The highest BCUT2D eigenvalue weighted by Crippen LogP contribution is 2.02. The van der Waals surface area contributed by atoms with Crippen LogP contribution in [0.3, 0.4) is 0 Å². The second-order valence-electron chi connectivity index (χ2n) is 3.41. The molecule has 0 heterocycles. The van der Waals surface area contributed by atoms with Crippen LogP contribution in [0.5, 0.6) is 0 Å². The van der Waals surface area contributed by atoms with Crippen molar-refractivity contribution in [2.75, 3.05) is 26.4 Å². The van der Waals surface area contributed by atoms with Gasteiger partial charge in [-0.25, -0.2) is 4.79 Å². The first-order valence-electron chi connectivity index (χ1n) is 5.65. The summed E-state index contributed by atoms with van der Waals surface area (Å²) in [5, 5.41) is 8.40. The topological polar surface area (TPSA) is 55.8 Å². The van der Waals surface area contributed by atoms with Crippen molar-refractivity contribution < 1.29 is 19.4 Å². The zero-order valence-electron chi connectivity index (χ0n) is 9.54. The van der Waals surface area contributed by atoms with E-state index in [0.717, 1.165) is 12.8 Å². The lowest BCUT2D eigenvalue weighted by atomic mass is 10.2. The first-order chi connectivity index (χ1) is 7.31. The van der Waals surface area contributed by atoms with E-state index < -0.39 is 0 Å². The molecule has 15 heavy (non-hydrogen) atoms. The second kappa shape index (κ2) is 11.5. The minimum atomic E-state index is -0.348. The van der Waals surface area contributed by atoms with Gasteiger partial charge >= 0.3 is 5.97 Å². The molecule has 90 valence electrons. The predicted molar refractivity (Wildman–Crippen MR) is 57.6 cm³/mol. The summed E-state index contributed by atoms with van der Waals surface area (Å²) < 4.78 is 9.74. The SMILES string of the molecule is CCCCCCCOC(=O)COCCO. The third-order valence-electron chi connectivity index (χ3n) is 1.97. The van der Waals surface area contributed by atoms with Crippen LogP contribution in [-0.4, -0.2) is 37.5 Å². The number of carbonyl (C=O) groups is 1. The summed E-state index contributed by atoms with van der Waals surface area (Å²) in [4.78, 5) is 11.0. The van der Waals surface area contributed by atoms with Crippen molar-refractivity contribution in [1.82, 2.24) is 0 Å². The molecule has 0 saturated carbocycles. The molecule has 1 N–H and O–H groups in total. The maximum atomic E-state index is 11.0. The largest absolute Gasteiger partial charge is 0.464 e. The third kappa shape index (κ3) is 11.3. The van der Waals surface area contributed by atoms with Gasteiger partial charge in [0.25, 0.3) is 0 Å². The van der Waals surface area contributed by atoms with E-state index in [9.17, 15) is 4.79 Å². The Kier molecular flexibility index (Phi) is 11.0. The number of aliphatic hydroxyl groups is 1. The Morgan fingerprint density at radius 2 is 1.87 bits per heavy atom. The van der Waals surface area contributed by atoms with Crippen LogP contribution in [0.25, 0.3) is 0 Å². The fourth-order valence-electron chi connectivity index (χ4n) is 1.15. The molecule has 0 saturated heterocycles. The lowest BCUT2D eigenvalue weighted by molar-refractivity contribution is -0.149. The van der Waals surface area contributed by atoms with Crippen LogP contribution in [0, 0.1) is 0 Å². The van der Waals surface area contributed by atoms with Gasteiger partial charge in [0.05, 0.1) is 19.8 Å². The Balaban J connectivity index is 3.10. The van der Waals surface area contributed by atoms with E-state index in [2.05, 4.69) is 6.92 Å². The number of rotatable bonds is 10. The smallest absolute Gasteiger partial charge is 0.332 e. The van der Waals surface area contributed by atoms with Crippen LogP contribution in [0.15, 0.2) is 0 Å². The summed E-state index contributed by atoms with van der Waals surface area (Å²) in [6.45, 7) is 2.70. The van der Waals surface area contributed by atoms with Gasteiger partial charge in [-0.05, 0) is 6.42 Å². The highest BCUT2D eigenvalue weighted by Gasteiger charge is 2.01. The monoisotopic (exact) mass is 218 g/mol. The summed E-state index contributed by atoms with van der Waals surface area (Å²) >= 11 is 0. The molecular weight excluding hydrogens is 196 g/mol. The standard InChI is InChI=1S/C11H22O4/c1-2-3-4-5-6-8-15-11(13)10-14-9-7-12/h12H,2-10H2,1H3. The van der Waals surface area contributed by atoms with Gasteiger partial charge in [0.2, 0.25) is 0 Å². The molecule has 0 aliphatic rings. The van der Waals surface area contributed by atoms with Crippen molar-refractivity contribution in [3.05, 3.63) is 0 Å². The lowest BCUT2D eigenvalue weighted by Crippen LogP contribution is -2.14.